The van der Waals surface area contributed by atoms with Crippen LogP contribution in [0.2, 0.25) is 0 Å². The molecule has 7 nitrogen and oxygen atoms in total. The van der Waals surface area contributed by atoms with E-state index in [2.05, 4.69) is 33.0 Å². The number of H-pyrrole nitrogens is 1. The van der Waals surface area contributed by atoms with Crippen molar-refractivity contribution in [1.29, 1.82) is 0 Å². The molecule has 8 heteroatoms. The molecule has 3 aliphatic heterocycles. The van der Waals surface area contributed by atoms with Crippen molar-refractivity contribution in [2.24, 2.45) is 11.8 Å². The molecule has 1 saturated carbocycles. The first-order valence-electron chi connectivity index (χ1n) is 12.6. The summed E-state index contributed by atoms with van der Waals surface area (Å²) in [6.45, 7) is 7.61. The van der Waals surface area contributed by atoms with Crippen LogP contribution in [0.3, 0.4) is 0 Å². The number of aromatic amines is 1. The Morgan fingerprint density at radius 1 is 1.21 bits per heavy atom. The van der Waals surface area contributed by atoms with E-state index in [9.17, 15) is 9.50 Å². The van der Waals surface area contributed by atoms with E-state index >= 15 is 0 Å². The van der Waals surface area contributed by atoms with Crippen LogP contribution < -0.4 is 16.2 Å². The third-order valence-electron chi connectivity index (χ3n) is 8.39. The average molecular weight is 455 g/mol. The van der Waals surface area contributed by atoms with Gasteiger partial charge in [-0.1, -0.05) is 6.92 Å². The lowest BCUT2D eigenvalue weighted by atomic mass is 9.73. The summed E-state index contributed by atoms with van der Waals surface area (Å²) < 4.78 is 14.1. The summed E-state index contributed by atoms with van der Waals surface area (Å²) in [4.78, 5) is 11.3. The highest BCUT2D eigenvalue weighted by Gasteiger charge is 2.43. The predicted molar refractivity (Wildman–Crippen MR) is 124 cm³/mol. The number of fused-ring (bicyclic) bond motifs is 2. The van der Waals surface area contributed by atoms with E-state index in [4.69, 9.17) is 4.98 Å². The number of imidazole rings is 1. The number of aryl methyl sites for hydroxylation is 1. The molecule has 33 heavy (non-hydrogen) atoms. The minimum Gasteiger partial charge on any atom is -0.505 e. The predicted octanol–water partition coefficient (Wildman–Crippen LogP) is 2.50. The molecule has 4 aliphatic rings. The van der Waals surface area contributed by atoms with Gasteiger partial charge in [0.25, 0.3) is 0 Å². The molecule has 0 radical (unpaired) electrons. The summed E-state index contributed by atoms with van der Waals surface area (Å²) >= 11 is 0. The smallest absolute Gasteiger partial charge is 0.165 e. The lowest BCUT2D eigenvalue weighted by Crippen LogP contribution is -2.49. The van der Waals surface area contributed by atoms with Gasteiger partial charge < -0.3 is 15.4 Å². The van der Waals surface area contributed by atoms with Crippen molar-refractivity contribution in [2.45, 2.75) is 63.6 Å². The Labute approximate surface area is 194 Å². The van der Waals surface area contributed by atoms with Crippen LogP contribution in [0.5, 0.6) is 5.75 Å². The number of nitrogens with zero attached hydrogens (tertiary/aromatic N) is 2. The van der Waals surface area contributed by atoms with Crippen LogP contribution in [0.4, 0.5) is 4.39 Å². The molecule has 0 amide bonds. The van der Waals surface area contributed by atoms with E-state index in [0.717, 1.165) is 81.2 Å². The summed E-state index contributed by atoms with van der Waals surface area (Å²) in [5, 5.41) is 13.2. The summed E-state index contributed by atoms with van der Waals surface area (Å²) in [7, 11) is 0. The van der Waals surface area contributed by atoms with E-state index in [1.54, 1.807) is 12.1 Å². The van der Waals surface area contributed by atoms with Crippen molar-refractivity contribution in [3.05, 3.63) is 46.3 Å². The molecule has 4 heterocycles. The summed E-state index contributed by atoms with van der Waals surface area (Å²) in [6, 6.07) is 3.69. The molecule has 1 aliphatic carbocycles. The van der Waals surface area contributed by atoms with Crippen molar-refractivity contribution in [3.63, 3.8) is 0 Å². The Morgan fingerprint density at radius 2 is 2.09 bits per heavy atom. The number of aromatic nitrogens is 2. The van der Waals surface area contributed by atoms with Gasteiger partial charge in [0.15, 0.2) is 11.6 Å². The fourth-order valence-electron chi connectivity index (χ4n) is 6.44. The second kappa shape index (κ2) is 8.65. The standard InChI is InChI=1S/C25H35FN6O/c1-2-15-8-23(33)19(26)9-18(15)16-3-4-17-21(7-16)30-31-24(17)25-28-20-5-6-32(13-22(20)29-25)12-14-10-27-11-14/h8-9,14,16-17,21,24,27,30-31,33H,2-7,10-13H2,1H3,(H,28,29). The molecule has 1 aromatic carbocycles. The first kappa shape index (κ1) is 21.5. The van der Waals surface area contributed by atoms with E-state index in [1.807, 2.05) is 0 Å². The van der Waals surface area contributed by atoms with Gasteiger partial charge in [-0.3, -0.25) is 10.3 Å². The van der Waals surface area contributed by atoms with Crippen molar-refractivity contribution in [2.75, 3.05) is 26.2 Å². The van der Waals surface area contributed by atoms with Crippen LogP contribution in [0, 0.1) is 17.7 Å². The molecule has 4 atom stereocenters. The third-order valence-corrected chi connectivity index (χ3v) is 8.39. The lowest BCUT2D eigenvalue weighted by Gasteiger charge is -2.34. The number of benzene rings is 1. The van der Waals surface area contributed by atoms with E-state index in [0.29, 0.717) is 17.9 Å². The van der Waals surface area contributed by atoms with Crippen LogP contribution >= 0.6 is 0 Å². The van der Waals surface area contributed by atoms with Gasteiger partial charge in [-0.2, -0.15) is 0 Å². The molecule has 2 aromatic rings. The first-order valence-corrected chi connectivity index (χ1v) is 12.6. The monoisotopic (exact) mass is 454 g/mol. The molecule has 4 unspecified atom stereocenters. The van der Waals surface area contributed by atoms with E-state index in [1.165, 1.54) is 17.9 Å². The van der Waals surface area contributed by atoms with Crippen LogP contribution in [-0.2, 0) is 19.4 Å². The Bertz CT molecular complexity index is 1020. The van der Waals surface area contributed by atoms with Gasteiger partial charge in [0, 0.05) is 45.2 Å². The topological polar surface area (TPSA) is 88.2 Å². The second-order valence-corrected chi connectivity index (χ2v) is 10.5. The number of rotatable bonds is 5. The summed E-state index contributed by atoms with van der Waals surface area (Å²) in [6.07, 6.45) is 4.89. The van der Waals surface area contributed by atoms with E-state index in [-0.39, 0.29) is 11.8 Å². The normalized spacial score (nSPS) is 30.1. The molecule has 0 bridgehead atoms. The largest absolute Gasteiger partial charge is 0.505 e. The van der Waals surface area contributed by atoms with Crippen LogP contribution in [0.1, 0.15) is 66.5 Å². The SMILES string of the molecule is CCc1cc(O)c(F)cc1C1CCC2C(C1)NNC2c1nc2c([nH]1)CN(CC1CNC1)CC2. The zero-order valence-electron chi connectivity index (χ0n) is 19.3. The molecule has 2 saturated heterocycles. The Kier molecular flexibility index (Phi) is 5.64. The fraction of sp³-hybridized carbons (Fsp3) is 0.640. The molecular formula is C25H35FN6O. The van der Waals surface area contributed by atoms with E-state index < -0.39 is 5.82 Å². The van der Waals surface area contributed by atoms with Crippen molar-refractivity contribution < 1.29 is 9.50 Å². The van der Waals surface area contributed by atoms with Gasteiger partial charge in [-0.05, 0) is 66.7 Å². The summed E-state index contributed by atoms with van der Waals surface area (Å²) in [5.74, 6) is 1.89. The molecule has 1 aromatic heterocycles. The number of phenols is 1. The zero-order valence-corrected chi connectivity index (χ0v) is 19.3. The lowest BCUT2D eigenvalue weighted by molar-refractivity contribution is 0.177. The number of phenolic OH excluding ortho intramolecular Hbond substituents is 1. The number of nitrogens with one attached hydrogen (secondary N) is 4. The van der Waals surface area contributed by atoms with Crippen molar-refractivity contribution in [1.82, 2.24) is 31.0 Å². The van der Waals surface area contributed by atoms with Gasteiger partial charge in [0.1, 0.15) is 5.82 Å². The number of hydrogen-bond donors (Lipinski definition) is 5. The van der Waals surface area contributed by atoms with Crippen LogP contribution in [-0.4, -0.2) is 52.2 Å². The summed E-state index contributed by atoms with van der Waals surface area (Å²) in [5.41, 5.74) is 11.7. The fourth-order valence-corrected chi connectivity index (χ4v) is 6.44. The molecule has 3 fully saturated rings. The minimum atomic E-state index is -0.511. The number of halogens is 1. The van der Waals surface area contributed by atoms with Crippen molar-refractivity contribution >= 4 is 0 Å². The van der Waals surface area contributed by atoms with Crippen molar-refractivity contribution in [3.8, 4) is 5.75 Å². The maximum atomic E-state index is 14.1. The second-order valence-electron chi connectivity index (χ2n) is 10.5. The molecule has 6 rings (SSSR count). The molecule has 0 spiro atoms. The van der Waals surface area contributed by atoms with Crippen LogP contribution in [0.15, 0.2) is 12.1 Å². The quantitative estimate of drug-likeness (QED) is 0.477. The highest BCUT2D eigenvalue weighted by molar-refractivity contribution is 5.39. The molecular weight excluding hydrogens is 419 g/mol. The molecule has 178 valence electrons. The zero-order chi connectivity index (χ0) is 22.5. The minimum absolute atomic E-state index is 0.188. The Hall–Kier alpha value is -2.00. The van der Waals surface area contributed by atoms with Gasteiger partial charge in [-0.15, -0.1) is 0 Å². The maximum absolute atomic E-state index is 14.1. The highest BCUT2D eigenvalue weighted by atomic mass is 19.1. The molecule has 5 N–H and O–H groups in total. The number of aromatic hydroxyl groups is 1. The Morgan fingerprint density at radius 3 is 2.88 bits per heavy atom. The number of hydrogen-bond acceptors (Lipinski definition) is 6. The highest BCUT2D eigenvalue weighted by Crippen LogP contribution is 2.44. The number of hydrazine groups is 1. The van der Waals surface area contributed by atoms with Gasteiger partial charge in [0.2, 0.25) is 0 Å². The first-order chi connectivity index (χ1) is 16.1. The van der Waals surface area contributed by atoms with Gasteiger partial charge >= 0.3 is 0 Å². The average Bonchev–Trinajstić information content (AvgIpc) is 3.40. The maximum Gasteiger partial charge on any atom is 0.165 e. The Balaban J connectivity index is 1.14. The third kappa shape index (κ3) is 3.97. The van der Waals surface area contributed by atoms with Gasteiger partial charge in [-0.25, -0.2) is 14.8 Å². The van der Waals surface area contributed by atoms with Gasteiger partial charge in [0.05, 0.1) is 17.4 Å². The van der Waals surface area contributed by atoms with Crippen LogP contribution in [0.25, 0.3) is 0 Å².